The molecule has 3 unspecified atom stereocenters. The molecule has 0 aliphatic heterocycles. The van der Waals surface area contributed by atoms with Crippen LogP contribution in [0.4, 0.5) is 0 Å². The Labute approximate surface area is 115 Å². The van der Waals surface area contributed by atoms with Gasteiger partial charge in [0.2, 0.25) is 0 Å². The highest BCUT2D eigenvalue weighted by Crippen LogP contribution is 2.46. The van der Waals surface area contributed by atoms with Crippen molar-refractivity contribution in [3.05, 3.63) is 33.9 Å². The van der Waals surface area contributed by atoms with E-state index in [2.05, 4.69) is 40.7 Å². The summed E-state index contributed by atoms with van der Waals surface area (Å²) in [6, 6.07) is 2.25. The van der Waals surface area contributed by atoms with Crippen molar-refractivity contribution in [1.82, 2.24) is 0 Å². The molecule has 0 saturated heterocycles. The van der Waals surface area contributed by atoms with Gasteiger partial charge >= 0.3 is 5.97 Å². The number of aryl methyl sites for hydroxylation is 2. The molecule has 2 nitrogen and oxygen atoms in total. The van der Waals surface area contributed by atoms with Crippen LogP contribution >= 0.6 is 0 Å². The monoisotopic (exact) mass is 260 g/mol. The quantitative estimate of drug-likeness (QED) is 0.893. The molecule has 0 amide bonds. The van der Waals surface area contributed by atoms with Crippen molar-refractivity contribution in [2.75, 3.05) is 0 Å². The third-order valence-electron chi connectivity index (χ3n) is 4.94. The summed E-state index contributed by atoms with van der Waals surface area (Å²) in [5.41, 5.74) is 6.87. The average molecular weight is 260 g/mol. The maximum atomic E-state index is 11.0. The summed E-state index contributed by atoms with van der Waals surface area (Å²) in [5.74, 6) is 0.115. The summed E-state index contributed by atoms with van der Waals surface area (Å²) < 4.78 is 0. The second-order valence-electron chi connectivity index (χ2n) is 6.26. The van der Waals surface area contributed by atoms with Gasteiger partial charge in [0.05, 0.1) is 5.92 Å². The number of carbonyl (C=O) groups is 1. The van der Waals surface area contributed by atoms with Gasteiger partial charge in [0.25, 0.3) is 0 Å². The minimum Gasteiger partial charge on any atom is -0.481 e. The van der Waals surface area contributed by atoms with E-state index in [4.69, 9.17) is 5.11 Å². The fourth-order valence-corrected chi connectivity index (χ4v) is 3.21. The fraction of sp³-hybridized carbons (Fsp3) is 0.588. The lowest BCUT2D eigenvalue weighted by Gasteiger charge is -2.19. The summed E-state index contributed by atoms with van der Waals surface area (Å²) >= 11 is 0. The molecule has 1 aromatic rings. The van der Waals surface area contributed by atoms with Crippen molar-refractivity contribution < 1.29 is 9.90 Å². The minimum absolute atomic E-state index is 0.0958. The molecule has 0 heterocycles. The minimum atomic E-state index is -0.620. The summed E-state index contributed by atoms with van der Waals surface area (Å²) in [5, 5.41) is 9.04. The summed E-state index contributed by atoms with van der Waals surface area (Å²) in [4.78, 5) is 11.0. The van der Waals surface area contributed by atoms with Gasteiger partial charge in [0, 0.05) is 0 Å². The lowest BCUT2D eigenvalue weighted by molar-refractivity contribution is -0.139. The zero-order valence-corrected chi connectivity index (χ0v) is 12.6. The molecule has 3 atom stereocenters. The molecular weight excluding hydrogens is 236 g/mol. The van der Waals surface area contributed by atoms with Crippen molar-refractivity contribution in [3.8, 4) is 0 Å². The predicted octanol–water partition coefficient (Wildman–Crippen LogP) is 3.82. The van der Waals surface area contributed by atoms with Gasteiger partial charge in [-0.25, -0.2) is 0 Å². The average Bonchev–Trinajstić information content (AvgIpc) is 3.12. The molecule has 1 fully saturated rings. The molecule has 1 saturated carbocycles. The molecule has 1 aromatic carbocycles. The van der Waals surface area contributed by atoms with Crippen molar-refractivity contribution >= 4 is 5.97 Å². The largest absolute Gasteiger partial charge is 0.481 e. The first-order valence-corrected chi connectivity index (χ1v) is 7.12. The second-order valence-corrected chi connectivity index (χ2v) is 6.26. The van der Waals surface area contributed by atoms with E-state index in [1.807, 2.05) is 0 Å². The van der Waals surface area contributed by atoms with Crippen LogP contribution in [0, 0.1) is 45.4 Å². The van der Waals surface area contributed by atoms with E-state index in [0.29, 0.717) is 11.8 Å². The third-order valence-corrected chi connectivity index (χ3v) is 4.94. The van der Waals surface area contributed by atoms with Gasteiger partial charge in [0.1, 0.15) is 0 Å². The maximum Gasteiger partial charge on any atom is 0.306 e. The Kier molecular flexibility index (Phi) is 3.71. The highest BCUT2D eigenvalue weighted by Gasteiger charge is 2.46. The molecular formula is C17H24O2. The lowest BCUT2D eigenvalue weighted by Crippen LogP contribution is -2.11. The van der Waals surface area contributed by atoms with Crippen LogP contribution in [0.2, 0.25) is 0 Å². The Balaban J connectivity index is 2.18. The van der Waals surface area contributed by atoms with Crippen molar-refractivity contribution in [2.45, 2.75) is 47.5 Å². The maximum absolute atomic E-state index is 11.0. The van der Waals surface area contributed by atoms with Gasteiger partial charge in [-0.05, 0) is 80.2 Å². The SMILES string of the molecule is Cc1cc(C)c(C)c(CC(C)C2CC2C(=O)O)c1C. The van der Waals surface area contributed by atoms with E-state index in [9.17, 15) is 4.79 Å². The fourth-order valence-electron chi connectivity index (χ4n) is 3.21. The van der Waals surface area contributed by atoms with Crippen LogP contribution in [0.5, 0.6) is 0 Å². The van der Waals surface area contributed by atoms with E-state index in [1.165, 1.54) is 27.8 Å². The third kappa shape index (κ3) is 2.68. The Hall–Kier alpha value is -1.31. The second kappa shape index (κ2) is 4.99. The van der Waals surface area contributed by atoms with Gasteiger partial charge in [0.15, 0.2) is 0 Å². The molecule has 2 rings (SSSR count). The number of hydrogen-bond acceptors (Lipinski definition) is 1. The van der Waals surface area contributed by atoms with Gasteiger partial charge in [-0.15, -0.1) is 0 Å². The summed E-state index contributed by atoms with van der Waals surface area (Å²) in [6.45, 7) is 10.9. The topological polar surface area (TPSA) is 37.3 Å². The smallest absolute Gasteiger partial charge is 0.306 e. The van der Waals surface area contributed by atoms with Gasteiger partial charge in [-0.1, -0.05) is 13.0 Å². The van der Waals surface area contributed by atoms with Gasteiger partial charge < -0.3 is 5.11 Å². The zero-order valence-electron chi connectivity index (χ0n) is 12.6. The number of benzene rings is 1. The molecule has 19 heavy (non-hydrogen) atoms. The van der Waals surface area contributed by atoms with Crippen molar-refractivity contribution in [2.24, 2.45) is 17.8 Å². The van der Waals surface area contributed by atoms with E-state index in [0.717, 1.165) is 12.8 Å². The molecule has 0 radical (unpaired) electrons. The van der Waals surface area contributed by atoms with Crippen LogP contribution in [-0.2, 0) is 11.2 Å². The van der Waals surface area contributed by atoms with Crippen LogP contribution < -0.4 is 0 Å². The Morgan fingerprint density at radius 1 is 1.26 bits per heavy atom. The molecule has 0 aromatic heterocycles. The Bertz CT molecular complexity index is 490. The lowest BCUT2D eigenvalue weighted by atomic mass is 9.86. The number of aliphatic carboxylic acids is 1. The molecule has 1 aliphatic carbocycles. The van der Waals surface area contributed by atoms with Crippen LogP contribution in [-0.4, -0.2) is 11.1 Å². The Morgan fingerprint density at radius 2 is 1.79 bits per heavy atom. The van der Waals surface area contributed by atoms with Gasteiger partial charge in [-0.2, -0.15) is 0 Å². The van der Waals surface area contributed by atoms with Crippen molar-refractivity contribution in [3.63, 3.8) is 0 Å². The molecule has 1 N–H and O–H groups in total. The van der Waals surface area contributed by atoms with E-state index >= 15 is 0 Å². The molecule has 2 heteroatoms. The first-order valence-electron chi connectivity index (χ1n) is 7.12. The van der Waals surface area contributed by atoms with Crippen LogP contribution in [0.1, 0.15) is 41.2 Å². The van der Waals surface area contributed by atoms with Crippen molar-refractivity contribution in [1.29, 1.82) is 0 Å². The highest BCUT2D eigenvalue weighted by molar-refractivity contribution is 5.73. The van der Waals surface area contributed by atoms with E-state index < -0.39 is 5.97 Å². The summed E-state index contributed by atoms with van der Waals surface area (Å²) in [7, 11) is 0. The Morgan fingerprint density at radius 3 is 2.21 bits per heavy atom. The number of hydrogen-bond donors (Lipinski definition) is 1. The number of carboxylic acid groups (broad SMARTS) is 1. The highest BCUT2D eigenvalue weighted by atomic mass is 16.4. The molecule has 1 aliphatic rings. The molecule has 104 valence electrons. The van der Waals surface area contributed by atoms with E-state index in [1.54, 1.807) is 0 Å². The zero-order chi connectivity index (χ0) is 14.3. The number of rotatable bonds is 4. The predicted molar refractivity (Wildman–Crippen MR) is 77.5 cm³/mol. The summed E-state index contributed by atoms with van der Waals surface area (Å²) in [6.07, 6.45) is 1.87. The molecule has 0 bridgehead atoms. The van der Waals surface area contributed by atoms with Crippen LogP contribution in [0.3, 0.4) is 0 Å². The van der Waals surface area contributed by atoms with Crippen LogP contribution in [0.15, 0.2) is 6.07 Å². The normalized spacial score (nSPS) is 23.2. The van der Waals surface area contributed by atoms with Crippen LogP contribution in [0.25, 0.3) is 0 Å². The molecule has 0 spiro atoms. The first-order chi connectivity index (χ1) is 8.82. The number of carboxylic acids is 1. The van der Waals surface area contributed by atoms with Gasteiger partial charge in [-0.3, -0.25) is 4.79 Å². The van der Waals surface area contributed by atoms with E-state index in [-0.39, 0.29) is 5.92 Å². The first kappa shape index (κ1) is 14.1. The standard InChI is InChI=1S/C17H24O2/c1-9-6-10(2)13(5)15(12(9)4)7-11(3)14-8-16(14)17(18)19/h6,11,14,16H,7-8H2,1-5H3,(H,18,19).